The van der Waals surface area contributed by atoms with Crippen LogP contribution in [-0.4, -0.2) is 37.0 Å². The van der Waals surface area contributed by atoms with E-state index in [1.165, 1.54) is 19.3 Å². The van der Waals surface area contributed by atoms with Crippen LogP contribution in [0.25, 0.3) is 0 Å². The molecule has 0 aromatic carbocycles. The van der Waals surface area contributed by atoms with Crippen LogP contribution in [0.3, 0.4) is 0 Å². The van der Waals surface area contributed by atoms with Gasteiger partial charge in [-0.2, -0.15) is 0 Å². The number of rotatable bonds is 2. The van der Waals surface area contributed by atoms with Gasteiger partial charge in [0.25, 0.3) is 0 Å². The maximum Gasteiger partial charge on any atom is 0.0616 e. The zero-order valence-corrected chi connectivity index (χ0v) is 8.04. The predicted octanol–water partition coefficient (Wildman–Crippen LogP) is 0.526. The van der Waals surface area contributed by atoms with Crippen molar-refractivity contribution in [2.24, 2.45) is 5.92 Å². The van der Waals surface area contributed by atoms with Gasteiger partial charge in [0, 0.05) is 19.2 Å². The van der Waals surface area contributed by atoms with Crippen LogP contribution in [0.15, 0.2) is 0 Å². The van der Waals surface area contributed by atoms with E-state index in [1.54, 1.807) is 0 Å². The van der Waals surface area contributed by atoms with Gasteiger partial charge in [-0.1, -0.05) is 0 Å². The summed E-state index contributed by atoms with van der Waals surface area (Å²) in [7, 11) is 0. The lowest BCUT2D eigenvalue weighted by Crippen LogP contribution is -2.29. The lowest BCUT2D eigenvalue weighted by atomic mass is 9.93. The SMILES string of the molecule is OCC1CC(C2CCCCO2)CN1. The van der Waals surface area contributed by atoms with Crippen molar-refractivity contribution in [3.8, 4) is 0 Å². The molecular formula is C10H19NO2. The lowest BCUT2D eigenvalue weighted by Gasteiger charge is -2.27. The maximum absolute atomic E-state index is 8.98. The fourth-order valence-electron chi connectivity index (χ4n) is 2.41. The summed E-state index contributed by atoms with van der Waals surface area (Å²) in [4.78, 5) is 0. The van der Waals surface area contributed by atoms with E-state index < -0.39 is 0 Å². The van der Waals surface area contributed by atoms with Crippen molar-refractivity contribution in [2.75, 3.05) is 19.8 Å². The third-order valence-electron chi connectivity index (χ3n) is 3.22. The molecule has 13 heavy (non-hydrogen) atoms. The van der Waals surface area contributed by atoms with Gasteiger partial charge in [0.1, 0.15) is 0 Å². The monoisotopic (exact) mass is 185 g/mol. The minimum atomic E-state index is 0.267. The predicted molar refractivity (Wildman–Crippen MR) is 50.6 cm³/mol. The fourth-order valence-corrected chi connectivity index (χ4v) is 2.41. The van der Waals surface area contributed by atoms with Gasteiger partial charge in [0.2, 0.25) is 0 Å². The minimum absolute atomic E-state index is 0.267. The second kappa shape index (κ2) is 4.40. The van der Waals surface area contributed by atoms with Crippen molar-refractivity contribution >= 4 is 0 Å². The molecule has 2 aliphatic rings. The molecule has 0 saturated carbocycles. The highest BCUT2D eigenvalue weighted by Gasteiger charge is 2.31. The smallest absolute Gasteiger partial charge is 0.0616 e. The van der Waals surface area contributed by atoms with E-state index in [-0.39, 0.29) is 6.61 Å². The molecule has 0 amide bonds. The topological polar surface area (TPSA) is 41.5 Å². The standard InChI is InChI=1S/C10H19NO2/c12-7-9-5-8(6-11-9)10-3-1-2-4-13-10/h8-12H,1-7H2. The number of aliphatic hydroxyl groups excluding tert-OH is 1. The van der Waals surface area contributed by atoms with Gasteiger partial charge >= 0.3 is 0 Å². The Morgan fingerprint density at radius 2 is 2.31 bits per heavy atom. The second-order valence-corrected chi connectivity index (χ2v) is 4.19. The molecule has 2 fully saturated rings. The third kappa shape index (κ3) is 2.22. The molecule has 0 radical (unpaired) electrons. The van der Waals surface area contributed by atoms with Gasteiger partial charge in [-0.3, -0.25) is 0 Å². The van der Waals surface area contributed by atoms with Crippen LogP contribution in [0.4, 0.5) is 0 Å². The van der Waals surface area contributed by atoms with Gasteiger partial charge in [-0.05, 0) is 31.6 Å². The normalized spacial score (nSPS) is 40.8. The molecule has 76 valence electrons. The fraction of sp³-hybridized carbons (Fsp3) is 1.00. The first-order valence-electron chi connectivity index (χ1n) is 5.36. The number of hydrogen-bond donors (Lipinski definition) is 2. The van der Waals surface area contributed by atoms with Crippen molar-refractivity contribution in [2.45, 2.75) is 37.8 Å². The Labute approximate surface area is 79.5 Å². The van der Waals surface area contributed by atoms with Crippen LogP contribution in [0.2, 0.25) is 0 Å². The van der Waals surface area contributed by atoms with Crippen molar-refractivity contribution < 1.29 is 9.84 Å². The summed E-state index contributed by atoms with van der Waals surface area (Å²) in [6.45, 7) is 2.23. The van der Waals surface area contributed by atoms with E-state index in [4.69, 9.17) is 9.84 Å². The summed E-state index contributed by atoms with van der Waals surface area (Å²) < 4.78 is 5.73. The van der Waals surface area contributed by atoms with E-state index in [0.29, 0.717) is 18.1 Å². The Morgan fingerprint density at radius 1 is 1.38 bits per heavy atom. The minimum Gasteiger partial charge on any atom is -0.395 e. The van der Waals surface area contributed by atoms with Crippen LogP contribution in [0.5, 0.6) is 0 Å². The van der Waals surface area contributed by atoms with Crippen molar-refractivity contribution in [1.82, 2.24) is 5.32 Å². The molecule has 3 nitrogen and oxygen atoms in total. The zero-order valence-electron chi connectivity index (χ0n) is 8.04. The number of nitrogens with one attached hydrogen (secondary N) is 1. The van der Waals surface area contributed by atoms with Crippen LogP contribution >= 0.6 is 0 Å². The molecule has 2 heterocycles. The Morgan fingerprint density at radius 3 is 2.92 bits per heavy atom. The Balaban J connectivity index is 1.80. The van der Waals surface area contributed by atoms with Crippen molar-refractivity contribution in [1.29, 1.82) is 0 Å². The molecule has 0 aliphatic carbocycles. The summed E-state index contributed by atoms with van der Waals surface area (Å²) in [5.74, 6) is 0.637. The summed E-state index contributed by atoms with van der Waals surface area (Å²) in [6, 6.07) is 0.315. The van der Waals surface area contributed by atoms with Crippen molar-refractivity contribution in [3.05, 3.63) is 0 Å². The van der Waals surface area contributed by atoms with Crippen LogP contribution in [-0.2, 0) is 4.74 Å². The molecule has 0 bridgehead atoms. The summed E-state index contributed by atoms with van der Waals surface area (Å²) in [5.41, 5.74) is 0. The summed E-state index contributed by atoms with van der Waals surface area (Å²) >= 11 is 0. The molecule has 3 atom stereocenters. The molecule has 0 aromatic heterocycles. The third-order valence-corrected chi connectivity index (χ3v) is 3.22. The van der Waals surface area contributed by atoms with E-state index in [0.717, 1.165) is 19.6 Å². The quantitative estimate of drug-likeness (QED) is 0.659. The van der Waals surface area contributed by atoms with E-state index >= 15 is 0 Å². The van der Waals surface area contributed by atoms with Crippen LogP contribution in [0.1, 0.15) is 25.7 Å². The zero-order chi connectivity index (χ0) is 9.10. The van der Waals surface area contributed by atoms with Gasteiger partial charge in [0.15, 0.2) is 0 Å². The highest BCUT2D eigenvalue weighted by molar-refractivity contribution is 4.86. The molecule has 3 heteroatoms. The van der Waals surface area contributed by atoms with Gasteiger partial charge in [0.05, 0.1) is 12.7 Å². The molecule has 3 unspecified atom stereocenters. The second-order valence-electron chi connectivity index (χ2n) is 4.19. The first kappa shape index (κ1) is 9.44. The molecule has 2 aliphatic heterocycles. The van der Waals surface area contributed by atoms with Crippen LogP contribution in [0, 0.1) is 5.92 Å². The lowest BCUT2D eigenvalue weighted by molar-refractivity contribution is -0.0166. The summed E-state index contributed by atoms with van der Waals surface area (Å²) in [5, 5.41) is 12.3. The highest BCUT2D eigenvalue weighted by Crippen LogP contribution is 2.26. The molecule has 2 saturated heterocycles. The first-order valence-corrected chi connectivity index (χ1v) is 5.36. The molecule has 2 N–H and O–H groups in total. The van der Waals surface area contributed by atoms with Crippen molar-refractivity contribution in [3.63, 3.8) is 0 Å². The Bertz CT molecular complexity index is 157. The maximum atomic E-state index is 8.98. The van der Waals surface area contributed by atoms with Gasteiger partial charge in [-0.15, -0.1) is 0 Å². The first-order chi connectivity index (χ1) is 6.40. The van der Waals surface area contributed by atoms with E-state index in [1.807, 2.05) is 0 Å². The van der Waals surface area contributed by atoms with Gasteiger partial charge in [-0.25, -0.2) is 0 Å². The Kier molecular flexibility index (Phi) is 3.19. The highest BCUT2D eigenvalue weighted by atomic mass is 16.5. The summed E-state index contributed by atoms with van der Waals surface area (Å²) in [6.07, 6.45) is 5.29. The number of hydrogen-bond acceptors (Lipinski definition) is 3. The van der Waals surface area contributed by atoms with E-state index in [9.17, 15) is 0 Å². The number of aliphatic hydroxyl groups is 1. The molecule has 2 rings (SSSR count). The van der Waals surface area contributed by atoms with E-state index in [2.05, 4.69) is 5.32 Å². The molecular weight excluding hydrogens is 166 g/mol. The Hall–Kier alpha value is -0.120. The van der Waals surface area contributed by atoms with Gasteiger partial charge < -0.3 is 15.2 Å². The molecule has 0 aromatic rings. The largest absolute Gasteiger partial charge is 0.395 e. The average molecular weight is 185 g/mol. The molecule has 0 spiro atoms. The average Bonchev–Trinajstić information content (AvgIpc) is 2.67. The van der Waals surface area contributed by atoms with Crippen LogP contribution < -0.4 is 5.32 Å². The number of ether oxygens (including phenoxy) is 1.